The van der Waals surface area contributed by atoms with E-state index in [0.717, 1.165) is 0 Å². The first-order chi connectivity index (χ1) is 6.77. The number of rotatable bonds is 3. The minimum Gasteiger partial charge on any atom is -0.354 e. The zero-order valence-electron chi connectivity index (χ0n) is 8.84. The van der Waals surface area contributed by atoms with E-state index in [1.807, 2.05) is 0 Å². The molecule has 1 saturated carbocycles. The van der Waals surface area contributed by atoms with Crippen LogP contribution in [-0.2, 0) is 4.52 Å². The molecule has 0 spiro atoms. The van der Waals surface area contributed by atoms with E-state index in [1.54, 1.807) is 0 Å². The molecule has 14 heavy (non-hydrogen) atoms. The Balaban J connectivity index is 1.97. The van der Waals surface area contributed by atoms with Crippen LogP contribution in [0, 0.1) is 13.8 Å². The van der Waals surface area contributed by atoms with E-state index >= 15 is 0 Å². The molecule has 0 aromatic heterocycles. The van der Waals surface area contributed by atoms with Crippen LogP contribution in [0.1, 0.15) is 30.4 Å². The highest BCUT2D eigenvalue weighted by atomic mass is 31.1. The van der Waals surface area contributed by atoms with E-state index < -0.39 is 0 Å². The van der Waals surface area contributed by atoms with Crippen molar-refractivity contribution in [1.82, 2.24) is 0 Å². The maximum atomic E-state index is 5.83. The molecule has 0 N–H and O–H groups in total. The fourth-order valence-corrected chi connectivity index (χ4v) is 2.54. The normalized spacial score (nSPS) is 17.6. The molecular formula is C12H17OP. The smallest absolute Gasteiger partial charge is 0.0618 e. The summed E-state index contributed by atoms with van der Waals surface area (Å²) in [4.78, 5) is 0. The lowest BCUT2D eigenvalue weighted by molar-refractivity contribution is 0.143. The van der Waals surface area contributed by atoms with Crippen molar-refractivity contribution in [1.29, 1.82) is 0 Å². The summed E-state index contributed by atoms with van der Waals surface area (Å²) >= 11 is 0. The molecule has 0 amide bonds. The Kier molecular flexibility index (Phi) is 3.20. The first-order valence-electron chi connectivity index (χ1n) is 5.25. The molecule has 1 aliphatic carbocycles. The molecule has 1 nitrogen and oxygen atoms in total. The quantitative estimate of drug-likeness (QED) is 0.693. The van der Waals surface area contributed by atoms with Crippen LogP contribution < -0.4 is 5.30 Å². The van der Waals surface area contributed by atoms with E-state index in [0.29, 0.717) is 14.9 Å². The third-order valence-corrected chi connectivity index (χ3v) is 4.21. The van der Waals surface area contributed by atoms with Crippen LogP contribution in [0.15, 0.2) is 18.2 Å². The number of benzene rings is 1. The van der Waals surface area contributed by atoms with Gasteiger partial charge in [0, 0.05) is 14.1 Å². The van der Waals surface area contributed by atoms with Crippen molar-refractivity contribution < 1.29 is 4.52 Å². The van der Waals surface area contributed by atoms with Gasteiger partial charge in [0.1, 0.15) is 0 Å². The molecule has 0 aliphatic heterocycles. The molecular weight excluding hydrogens is 191 g/mol. The van der Waals surface area contributed by atoms with E-state index in [-0.39, 0.29) is 0 Å². The molecule has 1 unspecified atom stereocenters. The molecule has 0 radical (unpaired) electrons. The van der Waals surface area contributed by atoms with Crippen LogP contribution in [0.3, 0.4) is 0 Å². The van der Waals surface area contributed by atoms with Gasteiger partial charge in [0.2, 0.25) is 0 Å². The molecule has 0 saturated heterocycles. The summed E-state index contributed by atoms with van der Waals surface area (Å²) in [7, 11) is 0.538. The van der Waals surface area contributed by atoms with Crippen molar-refractivity contribution >= 4 is 14.1 Å². The molecule has 0 bridgehead atoms. The topological polar surface area (TPSA) is 9.23 Å². The summed E-state index contributed by atoms with van der Waals surface area (Å²) in [5.74, 6) is 0. The average molecular weight is 208 g/mol. The molecule has 1 aliphatic rings. The van der Waals surface area contributed by atoms with Crippen molar-refractivity contribution in [3.8, 4) is 0 Å². The molecule has 1 fully saturated rings. The Labute approximate surface area is 87.7 Å². The average Bonchev–Trinajstić information content (AvgIpc) is 2.09. The van der Waals surface area contributed by atoms with Crippen molar-refractivity contribution in [3.63, 3.8) is 0 Å². The standard InChI is InChI=1S/C12H17OP/c1-9-5-3-8-12(10(9)2)14-13-11-6-4-7-11/h3,5,8,11,14H,4,6-7H2,1-2H3. The number of aryl methyl sites for hydroxylation is 1. The second-order valence-electron chi connectivity index (χ2n) is 4.02. The predicted molar refractivity (Wildman–Crippen MR) is 62.6 cm³/mol. The summed E-state index contributed by atoms with van der Waals surface area (Å²) in [6, 6.07) is 6.46. The number of hydrogen-bond acceptors (Lipinski definition) is 1. The van der Waals surface area contributed by atoms with Gasteiger partial charge in [0.25, 0.3) is 0 Å². The zero-order chi connectivity index (χ0) is 9.97. The highest BCUT2D eigenvalue weighted by Gasteiger charge is 2.18. The Bertz CT molecular complexity index is 318. The molecule has 1 aromatic carbocycles. The number of hydrogen-bond donors (Lipinski definition) is 0. The van der Waals surface area contributed by atoms with Crippen molar-refractivity contribution in [3.05, 3.63) is 29.3 Å². The van der Waals surface area contributed by atoms with E-state index in [1.165, 1.54) is 35.7 Å². The van der Waals surface area contributed by atoms with Crippen LogP contribution in [-0.4, -0.2) is 6.10 Å². The Morgan fingerprint density at radius 1 is 1.29 bits per heavy atom. The third kappa shape index (κ3) is 2.16. The van der Waals surface area contributed by atoms with Gasteiger partial charge in [0.05, 0.1) is 6.10 Å². The van der Waals surface area contributed by atoms with Gasteiger partial charge in [-0.1, -0.05) is 18.2 Å². The zero-order valence-corrected chi connectivity index (χ0v) is 9.84. The van der Waals surface area contributed by atoms with Crippen LogP contribution in [0.25, 0.3) is 0 Å². The summed E-state index contributed by atoms with van der Waals surface area (Å²) in [5.41, 5.74) is 2.76. The molecule has 1 atom stereocenters. The summed E-state index contributed by atoms with van der Waals surface area (Å²) in [5, 5.41) is 1.37. The van der Waals surface area contributed by atoms with E-state index in [4.69, 9.17) is 4.52 Å². The minimum atomic E-state index is 0.538. The summed E-state index contributed by atoms with van der Waals surface area (Å²) in [6.45, 7) is 4.34. The van der Waals surface area contributed by atoms with Crippen LogP contribution in [0.5, 0.6) is 0 Å². The lowest BCUT2D eigenvalue weighted by Gasteiger charge is -2.25. The van der Waals surface area contributed by atoms with Gasteiger partial charge in [-0.3, -0.25) is 0 Å². The Morgan fingerprint density at radius 3 is 2.71 bits per heavy atom. The van der Waals surface area contributed by atoms with Crippen LogP contribution in [0.2, 0.25) is 0 Å². The molecule has 2 heteroatoms. The maximum absolute atomic E-state index is 5.83. The molecule has 0 heterocycles. The van der Waals surface area contributed by atoms with E-state index in [9.17, 15) is 0 Å². The highest BCUT2D eigenvalue weighted by Crippen LogP contribution is 2.29. The molecule has 2 rings (SSSR count). The third-order valence-electron chi connectivity index (χ3n) is 2.99. The van der Waals surface area contributed by atoms with Crippen molar-refractivity contribution in [2.75, 3.05) is 0 Å². The monoisotopic (exact) mass is 208 g/mol. The van der Waals surface area contributed by atoms with Crippen molar-refractivity contribution in [2.24, 2.45) is 0 Å². The summed E-state index contributed by atoms with van der Waals surface area (Å²) in [6.07, 6.45) is 4.42. The lowest BCUT2D eigenvalue weighted by Crippen LogP contribution is -2.19. The SMILES string of the molecule is Cc1cccc(POC2CCC2)c1C. The van der Waals surface area contributed by atoms with Crippen LogP contribution in [0.4, 0.5) is 0 Å². The van der Waals surface area contributed by atoms with Gasteiger partial charge in [-0.15, -0.1) is 0 Å². The lowest BCUT2D eigenvalue weighted by atomic mass is 9.97. The van der Waals surface area contributed by atoms with Crippen molar-refractivity contribution in [2.45, 2.75) is 39.2 Å². The van der Waals surface area contributed by atoms with Gasteiger partial charge >= 0.3 is 0 Å². The summed E-state index contributed by atoms with van der Waals surface area (Å²) < 4.78 is 5.83. The second kappa shape index (κ2) is 4.42. The van der Waals surface area contributed by atoms with Gasteiger partial charge in [-0.2, -0.15) is 0 Å². The fourth-order valence-electron chi connectivity index (χ4n) is 1.50. The van der Waals surface area contributed by atoms with Gasteiger partial charge in [-0.25, -0.2) is 0 Å². The highest BCUT2D eigenvalue weighted by molar-refractivity contribution is 7.42. The predicted octanol–water partition coefficient (Wildman–Crippen LogP) is 3.09. The Hall–Kier alpha value is -0.390. The first kappa shape index (κ1) is 10.1. The molecule has 1 aromatic rings. The van der Waals surface area contributed by atoms with Gasteiger partial charge in [0.15, 0.2) is 0 Å². The van der Waals surface area contributed by atoms with E-state index in [2.05, 4.69) is 32.0 Å². The maximum Gasteiger partial charge on any atom is 0.0618 e. The molecule has 76 valence electrons. The Morgan fingerprint density at radius 2 is 2.07 bits per heavy atom. The second-order valence-corrected chi connectivity index (χ2v) is 5.00. The fraction of sp³-hybridized carbons (Fsp3) is 0.500. The van der Waals surface area contributed by atoms with Crippen LogP contribution >= 0.6 is 8.81 Å². The minimum absolute atomic E-state index is 0.538. The largest absolute Gasteiger partial charge is 0.354 e. The van der Waals surface area contributed by atoms with Gasteiger partial charge < -0.3 is 4.52 Å². The van der Waals surface area contributed by atoms with Gasteiger partial charge in [-0.05, 0) is 44.2 Å². The first-order valence-corrected chi connectivity index (χ1v) is 6.16.